The van der Waals surface area contributed by atoms with E-state index in [1.54, 1.807) is 4.90 Å². The van der Waals surface area contributed by atoms with E-state index < -0.39 is 10.8 Å². The molecule has 0 bridgehead atoms. The molecule has 0 saturated carbocycles. The van der Waals surface area contributed by atoms with E-state index in [9.17, 15) is 19.7 Å². The smallest absolute Gasteiger partial charge is 0.269 e. The minimum absolute atomic E-state index is 0.0426. The fraction of sp³-hybridized carbons (Fsp3) is 0.429. The maximum atomic E-state index is 12.1. The molecular weight excluding hydrogens is 290 g/mol. The van der Waals surface area contributed by atoms with Crippen molar-refractivity contribution in [2.75, 3.05) is 19.7 Å². The molecule has 1 aliphatic heterocycles. The molecule has 1 aromatic carbocycles. The van der Waals surface area contributed by atoms with Crippen LogP contribution in [0.1, 0.15) is 12.8 Å². The number of benzene rings is 1. The van der Waals surface area contributed by atoms with Gasteiger partial charge in [0.25, 0.3) is 11.6 Å². The number of amides is 2. The van der Waals surface area contributed by atoms with Crippen LogP contribution in [0.4, 0.5) is 5.69 Å². The van der Waals surface area contributed by atoms with Gasteiger partial charge < -0.3 is 15.4 Å². The highest BCUT2D eigenvalue weighted by Crippen LogP contribution is 2.19. The minimum Gasteiger partial charge on any atom is -0.484 e. The number of nitro groups is 1. The van der Waals surface area contributed by atoms with Gasteiger partial charge in [0.05, 0.1) is 10.8 Å². The third-order valence-electron chi connectivity index (χ3n) is 3.59. The van der Waals surface area contributed by atoms with Gasteiger partial charge >= 0.3 is 0 Å². The number of likely N-dealkylation sites (tertiary alicyclic amines) is 1. The largest absolute Gasteiger partial charge is 0.484 e. The van der Waals surface area contributed by atoms with E-state index in [4.69, 9.17) is 10.5 Å². The molecule has 1 unspecified atom stereocenters. The lowest BCUT2D eigenvalue weighted by atomic mass is 9.97. The molecule has 1 fully saturated rings. The number of piperidine rings is 1. The summed E-state index contributed by atoms with van der Waals surface area (Å²) in [5.74, 6) is -0.558. The van der Waals surface area contributed by atoms with Crippen LogP contribution in [0.5, 0.6) is 5.75 Å². The Morgan fingerprint density at radius 2 is 2.05 bits per heavy atom. The Morgan fingerprint density at radius 1 is 1.36 bits per heavy atom. The van der Waals surface area contributed by atoms with Gasteiger partial charge in [-0.15, -0.1) is 0 Å². The third kappa shape index (κ3) is 3.94. The van der Waals surface area contributed by atoms with E-state index in [1.807, 2.05) is 0 Å². The summed E-state index contributed by atoms with van der Waals surface area (Å²) in [5.41, 5.74) is 5.23. The van der Waals surface area contributed by atoms with Crippen molar-refractivity contribution in [1.82, 2.24) is 4.90 Å². The molecule has 1 aliphatic rings. The molecule has 1 saturated heterocycles. The molecule has 1 aromatic rings. The summed E-state index contributed by atoms with van der Waals surface area (Å²) in [6, 6.07) is 5.50. The zero-order valence-corrected chi connectivity index (χ0v) is 11.9. The first-order valence-electron chi connectivity index (χ1n) is 6.91. The number of nitro benzene ring substituents is 1. The van der Waals surface area contributed by atoms with Crippen LogP contribution in [0.15, 0.2) is 24.3 Å². The Balaban J connectivity index is 1.86. The number of primary amides is 1. The van der Waals surface area contributed by atoms with Gasteiger partial charge in [0.15, 0.2) is 6.61 Å². The van der Waals surface area contributed by atoms with Gasteiger partial charge in [0.2, 0.25) is 5.91 Å². The molecule has 0 aromatic heterocycles. The summed E-state index contributed by atoms with van der Waals surface area (Å²) in [4.78, 5) is 34.8. The summed E-state index contributed by atoms with van der Waals surface area (Å²) in [6.45, 7) is 0.716. The van der Waals surface area contributed by atoms with E-state index in [0.29, 0.717) is 25.3 Å². The lowest BCUT2D eigenvalue weighted by Crippen LogP contribution is -2.45. The van der Waals surface area contributed by atoms with Crippen LogP contribution in [-0.4, -0.2) is 41.3 Å². The molecule has 0 spiro atoms. The SMILES string of the molecule is NC(=O)C1CCCN(C(=O)COc2ccc([N+](=O)[O-])cc2)C1. The van der Waals surface area contributed by atoms with Crippen LogP contribution in [0, 0.1) is 16.0 Å². The van der Waals surface area contributed by atoms with Crippen molar-refractivity contribution in [1.29, 1.82) is 0 Å². The number of nitrogens with zero attached hydrogens (tertiary/aromatic N) is 2. The minimum atomic E-state index is -0.507. The van der Waals surface area contributed by atoms with E-state index >= 15 is 0 Å². The standard InChI is InChI=1S/C14H17N3O5/c15-14(19)10-2-1-7-16(8-10)13(18)9-22-12-5-3-11(4-6-12)17(20)21/h3-6,10H,1-2,7-9H2,(H2,15,19). The Hall–Kier alpha value is -2.64. The number of carbonyl (C=O) groups is 2. The molecular formula is C14H17N3O5. The van der Waals surface area contributed by atoms with Crippen molar-refractivity contribution < 1.29 is 19.2 Å². The highest BCUT2D eigenvalue weighted by atomic mass is 16.6. The molecule has 2 rings (SSSR count). The van der Waals surface area contributed by atoms with Gasteiger partial charge in [-0.2, -0.15) is 0 Å². The first-order valence-corrected chi connectivity index (χ1v) is 6.91. The Bertz CT molecular complexity index is 572. The number of ether oxygens (including phenoxy) is 1. The summed E-state index contributed by atoms with van der Waals surface area (Å²) in [7, 11) is 0. The second-order valence-corrected chi connectivity index (χ2v) is 5.12. The molecule has 22 heavy (non-hydrogen) atoms. The molecule has 1 heterocycles. The maximum Gasteiger partial charge on any atom is 0.269 e. The van der Waals surface area contributed by atoms with E-state index in [0.717, 1.165) is 6.42 Å². The monoisotopic (exact) mass is 307 g/mol. The van der Waals surface area contributed by atoms with Gasteiger partial charge in [-0.05, 0) is 25.0 Å². The van der Waals surface area contributed by atoms with Crippen LogP contribution in [0.3, 0.4) is 0 Å². The molecule has 2 N–H and O–H groups in total. The summed E-state index contributed by atoms with van der Waals surface area (Å²) < 4.78 is 5.32. The number of hydrogen-bond donors (Lipinski definition) is 1. The Labute approximate surface area is 127 Å². The van der Waals surface area contributed by atoms with Crippen molar-refractivity contribution in [2.45, 2.75) is 12.8 Å². The molecule has 2 amide bonds. The molecule has 118 valence electrons. The summed E-state index contributed by atoms with van der Waals surface area (Å²) in [6.07, 6.45) is 1.43. The average Bonchev–Trinajstić information content (AvgIpc) is 2.53. The number of hydrogen-bond acceptors (Lipinski definition) is 5. The number of nitrogens with two attached hydrogens (primary N) is 1. The maximum absolute atomic E-state index is 12.1. The molecule has 1 atom stereocenters. The van der Waals surface area contributed by atoms with E-state index in [2.05, 4.69) is 0 Å². The summed E-state index contributed by atoms with van der Waals surface area (Å²) in [5, 5.41) is 10.5. The number of carbonyl (C=O) groups excluding carboxylic acids is 2. The lowest BCUT2D eigenvalue weighted by Gasteiger charge is -2.31. The van der Waals surface area contributed by atoms with E-state index in [1.165, 1.54) is 24.3 Å². The quantitative estimate of drug-likeness (QED) is 0.635. The molecule has 0 aliphatic carbocycles. The van der Waals surface area contributed by atoms with Crippen molar-refractivity contribution in [3.05, 3.63) is 34.4 Å². The number of non-ortho nitro benzene ring substituents is 1. The van der Waals surface area contributed by atoms with Gasteiger partial charge in [-0.25, -0.2) is 0 Å². The second-order valence-electron chi connectivity index (χ2n) is 5.12. The normalized spacial score (nSPS) is 17.8. The van der Waals surface area contributed by atoms with Crippen molar-refractivity contribution in [3.8, 4) is 5.75 Å². The Kier molecular flexibility index (Phi) is 4.92. The average molecular weight is 307 g/mol. The zero-order valence-electron chi connectivity index (χ0n) is 11.9. The van der Waals surface area contributed by atoms with Crippen LogP contribution in [-0.2, 0) is 9.59 Å². The van der Waals surface area contributed by atoms with Crippen molar-refractivity contribution >= 4 is 17.5 Å². The Morgan fingerprint density at radius 3 is 2.64 bits per heavy atom. The van der Waals surface area contributed by atoms with Gasteiger partial charge in [0, 0.05) is 25.2 Å². The summed E-state index contributed by atoms with van der Waals surface area (Å²) >= 11 is 0. The second kappa shape index (κ2) is 6.88. The third-order valence-corrected chi connectivity index (χ3v) is 3.59. The zero-order chi connectivity index (χ0) is 16.1. The van der Waals surface area contributed by atoms with Crippen LogP contribution < -0.4 is 10.5 Å². The highest BCUT2D eigenvalue weighted by Gasteiger charge is 2.27. The van der Waals surface area contributed by atoms with Gasteiger partial charge in [-0.3, -0.25) is 19.7 Å². The topological polar surface area (TPSA) is 116 Å². The van der Waals surface area contributed by atoms with Gasteiger partial charge in [-0.1, -0.05) is 0 Å². The predicted octanol–water partition coefficient (Wildman–Crippen LogP) is 0.697. The predicted molar refractivity (Wildman–Crippen MR) is 77.1 cm³/mol. The molecule has 0 radical (unpaired) electrons. The van der Waals surface area contributed by atoms with Crippen LogP contribution >= 0.6 is 0 Å². The van der Waals surface area contributed by atoms with Gasteiger partial charge in [0.1, 0.15) is 5.75 Å². The van der Waals surface area contributed by atoms with Crippen LogP contribution in [0.2, 0.25) is 0 Å². The van der Waals surface area contributed by atoms with E-state index in [-0.39, 0.29) is 24.1 Å². The van der Waals surface area contributed by atoms with Crippen molar-refractivity contribution in [2.24, 2.45) is 11.7 Å². The first-order chi connectivity index (χ1) is 10.5. The molecule has 8 heteroatoms. The fourth-order valence-corrected chi connectivity index (χ4v) is 2.34. The van der Waals surface area contributed by atoms with Crippen molar-refractivity contribution in [3.63, 3.8) is 0 Å². The first kappa shape index (κ1) is 15.7. The van der Waals surface area contributed by atoms with Crippen LogP contribution in [0.25, 0.3) is 0 Å². The molecule has 8 nitrogen and oxygen atoms in total. The lowest BCUT2D eigenvalue weighted by molar-refractivity contribution is -0.384. The fourth-order valence-electron chi connectivity index (χ4n) is 2.34. The highest BCUT2D eigenvalue weighted by molar-refractivity contribution is 5.81. The number of rotatable bonds is 5.